The van der Waals surface area contributed by atoms with Crippen molar-refractivity contribution in [1.82, 2.24) is 4.98 Å². The van der Waals surface area contributed by atoms with Crippen molar-refractivity contribution in [2.24, 2.45) is 0 Å². The number of ether oxygens (including phenoxy) is 1. The molecule has 5 heteroatoms. The topological polar surface area (TPSA) is 48.1 Å². The molecule has 13 heavy (non-hydrogen) atoms. The smallest absolute Gasteiger partial charge is 0.269 e. The van der Waals surface area contributed by atoms with Gasteiger partial charge in [0.25, 0.3) is 6.43 Å². The highest BCUT2D eigenvalue weighted by Crippen LogP contribution is 2.34. The number of alkyl halides is 2. The van der Waals surface area contributed by atoms with Crippen LogP contribution < -0.4 is 10.5 Å². The summed E-state index contributed by atoms with van der Waals surface area (Å²) in [5, 5.41) is 0. The maximum atomic E-state index is 12.5. The van der Waals surface area contributed by atoms with Crippen molar-refractivity contribution in [1.29, 1.82) is 0 Å². The van der Waals surface area contributed by atoms with Gasteiger partial charge in [0, 0.05) is 0 Å². The van der Waals surface area contributed by atoms with E-state index in [9.17, 15) is 8.78 Å². The molecule has 72 valence electrons. The maximum Gasteiger partial charge on any atom is 0.269 e. The van der Waals surface area contributed by atoms with Crippen LogP contribution in [-0.2, 0) is 0 Å². The molecule has 0 aliphatic heterocycles. The normalized spacial score (nSPS) is 10.5. The van der Waals surface area contributed by atoms with Crippen molar-refractivity contribution in [3.05, 3.63) is 17.5 Å². The third kappa shape index (κ3) is 1.68. The lowest BCUT2D eigenvalue weighted by Gasteiger charge is -2.11. The van der Waals surface area contributed by atoms with Crippen LogP contribution in [0, 0.1) is 6.92 Å². The van der Waals surface area contributed by atoms with Gasteiger partial charge in [0.15, 0.2) is 5.75 Å². The predicted octanol–water partition coefficient (Wildman–Crippen LogP) is 1.92. The molecule has 1 aromatic rings. The Balaban J connectivity index is 3.35. The van der Waals surface area contributed by atoms with Gasteiger partial charge >= 0.3 is 0 Å². The summed E-state index contributed by atoms with van der Waals surface area (Å²) in [6.45, 7) is 1.49. The van der Waals surface area contributed by atoms with Gasteiger partial charge in [-0.15, -0.1) is 0 Å². The van der Waals surface area contributed by atoms with Gasteiger partial charge in [-0.1, -0.05) is 0 Å². The Kier molecular flexibility index (Phi) is 2.65. The number of aromatic nitrogens is 1. The van der Waals surface area contributed by atoms with Crippen LogP contribution in [0.15, 0.2) is 6.20 Å². The molecular weight excluding hydrogens is 178 g/mol. The highest BCUT2D eigenvalue weighted by atomic mass is 19.3. The first-order valence-electron chi connectivity index (χ1n) is 3.65. The van der Waals surface area contributed by atoms with Gasteiger partial charge < -0.3 is 10.5 Å². The minimum Gasteiger partial charge on any atom is -0.494 e. The molecule has 0 radical (unpaired) electrons. The van der Waals surface area contributed by atoms with E-state index in [1.165, 1.54) is 20.2 Å². The third-order valence-corrected chi connectivity index (χ3v) is 1.72. The summed E-state index contributed by atoms with van der Waals surface area (Å²) in [6.07, 6.45) is -1.31. The number of aryl methyl sites for hydroxylation is 1. The Bertz CT molecular complexity index is 315. The molecule has 0 fully saturated rings. The fourth-order valence-corrected chi connectivity index (χ4v) is 1.10. The van der Waals surface area contributed by atoms with E-state index < -0.39 is 6.43 Å². The monoisotopic (exact) mass is 188 g/mol. The molecule has 1 aromatic heterocycles. The second-order valence-corrected chi connectivity index (χ2v) is 2.55. The predicted molar refractivity (Wildman–Crippen MR) is 44.9 cm³/mol. The standard InChI is InChI=1S/C8H10F2N2O/c1-4-6(8(9)10)7(13-2)5(11)3-12-4/h3,8H,11H2,1-2H3. The zero-order valence-corrected chi connectivity index (χ0v) is 7.34. The SMILES string of the molecule is COc1c(N)cnc(C)c1C(F)F. The molecular formula is C8H10F2N2O. The Morgan fingerprint density at radius 3 is 2.54 bits per heavy atom. The van der Waals surface area contributed by atoms with Gasteiger partial charge in [-0.3, -0.25) is 4.98 Å². The highest BCUT2D eigenvalue weighted by Gasteiger charge is 2.19. The van der Waals surface area contributed by atoms with Crippen molar-refractivity contribution >= 4 is 5.69 Å². The van der Waals surface area contributed by atoms with E-state index >= 15 is 0 Å². The fraction of sp³-hybridized carbons (Fsp3) is 0.375. The van der Waals surface area contributed by atoms with Crippen LogP contribution in [0.2, 0.25) is 0 Å². The van der Waals surface area contributed by atoms with Crippen molar-refractivity contribution in [2.75, 3.05) is 12.8 Å². The Morgan fingerprint density at radius 2 is 2.15 bits per heavy atom. The average molecular weight is 188 g/mol. The quantitative estimate of drug-likeness (QED) is 0.771. The molecule has 3 nitrogen and oxygen atoms in total. The lowest BCUT2D eigenvalue weighted by Crippen LogP contribution is -2.02. The first-order chi connectivity index (χ1) is 6.07. The lowest BCUT2D eigenvalue weighted by molar-refractivity contribution is 0.146. The van der Waals surface area contributed by atoms with E-state index in [-0.39, 0.29) is 22.7 Å². The van der Waals surface area contributed by atoms with Gasteiger partial charge in [0.2, 0.25) is 0 Å². The van der Waals surface area contributed by atoms with Crippen molar-refractivity contribution in [2.45, 2.75) is 13.3 Å². The van der Waals surface area contributed by atoms with Gasteiger partial charge in [0.05, 0.1) is 30.3 Å². The maximum absolute atomic E-state index is 12.5. The number of halogens is 2. The highest BCUT2D eigenvalue weighted by molar-refractivity contribution is 5.56. The largest absolute Gasteiger partial charge is 0.494 e. The molecule has 0 aliphatic rings. The van der Waals surface area contributed by atoms with Crippen molar-refractivity contribution in [3.63, 3.8) is 0 Å². The molecule has 1 heterocycles. The number of nitrogen functional groups attached to an aromatic ring is 1. The number of hydrogen-bond donors (Lipinski definition) is 1. The van der Waals surface area contributed by atoms with E-state index in [4.69, 9.17) is 10.5 Å². The molecule has 0 amide bonds. The van der Waals surface area contributed by atoms with Crippen LogP contribution in [0.25, 0.3) is 0 Å². The summed E-state index contributed by atoms with van der Waals surface area (Å²) < 4.78 is 29.7. The van der Waals surface area contributed by atoms with Crippen molar-refractivity contribution in [3.8, 4) is 5.75 Å². The molecule has 1 rings (SSSR count). The first-order valence-corrected chi connectivity index (χ1v) is 3.65. The molecule has 0 unspecified atom stereocenters. The second-order valence-electron chi connectivity index (χ2n) is 2.55. The van der Waals surface area contributed by atoms with E-state index in [0.717, 1.165) is 0 Å². The van der Waals surface area contributed by atoms with Crippen LogP contribution >= 0.6 is 0 Å². The number of hydrogen-bond acceptors (Lipinski definition) is 3. The summed E-state index contributed by atoms with van der Waals surface area (Å²) in [4.78, 5) is 3.72. The van der Waals surface area contributed by atoms with Crippen LogP contribution in [0.5, 0.6) is 5.75 Å². The Morgan fingerprint density at radius 1 is 1.54 bits per heavy atom. The zero-order chi connectivity index (χ0) is 10.0. The first kappa shape index (κ1) is 9.70. The number of nitrogens with two attached hydrogens (primary N) is 1. The minimum atomic E-state index is -2.62. The molecule has 0 saturated heterocycles. The molecule has 0 saturated carbocycles. The summed E-state index contributed by atoms with van der Waals surface area (Å²) in [6, 6.07) is 0. The number of rotatable bonds is 2. The van der Waals surface area contributed by atoms with Crippen molar-refractivity contribution < 1.29 is 13.5 Å². The van der Waals surface area contributed by atoms with Gasteiger partial charge in [0.1, 0.15) is 0 Å². The van der Waals surface area contributed by atoms with E-state index in [1.807, 2.05) is 0 Å². The molecule has 2 N–H and O–H groups in total. The minimum absolute atomic E-state index is 0.0162. The van der Waals surface area contributed by atoms with Crippen LogP contribution in [-0.4, -0.2) is 12.1 Å². The Labute approximate surface area is 74.5 Å². The number of pyridine rings is 1. The fourth-order valence-electron chi connectivity index (χ4n) is 1.10. The van der Waals surface area contributed by atoms with Crippen LogP contribution in [0.4, 0.5) is 14.5 Å². The third-order valence-electron chi connectivity index (χ3n) is 1.72. The molecule has 0 bridgehead atoms. The summed E-state index contributed by atoms with van der Waals surface area (Å²) >= 11 is 0. The second kappa shape index (κ2) is 3.55. The number of methoxy groups -OCH3 is 1. The number of nitrogens with zero attached hydrogens (tertiary/aromatic N) is 1. The van der Waals surface area contributed by atoms with E-state index in [1.54, 1.807) is 0 Å². The van der Waals surface area contributed by atoms with Gasteiger partial charge in [-0.05, 0) is 6.92 Å². The molecule has 0 aliphatic carbocycles. The zero-order valence-electron chi connectivity index (χ0n) is 7.34. The van der Waals surface area contributed by atoms with E-state index in [0.29, 0.717) is 0 Å². The number of anilines is 1. The molecule has 0 atom stereocenters. The van der Waals surface area contributed by atoms with Gasteiger partial charge in [-0.25, -0.2) is 8.78 Å². The van der Waals surface area contributed by atoms with Gasteiger partial charge in [-0.2, -0.15) is 0 Å². The average Bonchev–Trinajstić information content (AvgIpc) is 2.07. The summed E-state index contributed by atoms with van der Waals surface area (Å²) in [5.74, 6) is 0.0162. The summed E-state index contributed by atoms with van der Waals surface area (Å²) in [7, 11) is 1.30. The molecule has 0 spiro atoms. The molecule has 0 aromatic carbocycles. The Hall–Kier alpha value is -1.39. The lowest BCUT2D eigenvalue weighted by atomic mass is 10.2. The van der Waals surface area contributed by atoms with E-state index in [2.05, 4.69) is 4.98 Å². The summed E-state index contributed by atoms with van der Waals surface area (Å²) in [5.41, 5.74) is 5.55. The van der Waals surface area contributed by atoms with Crippen LogP contribution in [0.1, 0.15) is 17.7 Å². The van der Waals surface area contributed by atoms with Crippen LogP contribution in [0.3, 0.4) is 0 Å².